The van der Waals surface area contributed by atoms with Crippen molar-refractivity contribution in [2.24, 2.45) is 11.1 Å². The number of hydrogen-bond acceptors (Lipinski definition) is 5. The van der Waals surface area contributed by atoms with Gasteiger partial charge in [0, 0.05) is 43.6 Å². The largest absolute Gasteiger partial charge is 0.355 e. The normalized spacial score (nSPS) is 20.0. The first-order chi connectivity index (χ1) is 15.1. The fraction of sp³-hybridized carbons (Fsp3) is 0.348. The first-order valence-corrected chi connectivity index (χ1v) is 10.7. The molecule has 5 heterocycles. The minimum Gasteiger partial charge on any atom is -0.355 e. The van der Waals surface area contributed by atoms with Crippen molar-refractivity contribution in [1.82, 2.24) is 24.1 Å². The predicted molar refractivity (Wildman–Crippen MR) is 116 cm³/mol. The standard InChI is InChI=1S/C23H24FN7/c1-15-3-2-4-16(19(15)24)21-27-13-18-22(26-9-12-30(18)21)29-10-6-23(7-11-29)14-31-17(20(23)25)5-8-28-31/h2-5,8-9,12-13,20H,6-7,10-11,14,25H2,1H3/t20-/m1/s1. The number of halogens is 1. The van der Waals surface area contributed by atoms with Gasteiger partial charge < -0.3 is 10.6 Å². The monoisotopic (exact) mass is 417 g/mol. The molecule has 158 valence electrons. The quantitative estimate of drug-likeness (QED) is 0.541. The maximum Gasteiger partial charge on any atom is 0.154 e. The minimum atomic E-state index is -0.235. The number of nitrogens with two attached hydrogens (primary N) is 1. The van der Waals surface area contributed by atoms with Gasteiger partial charge in [-0.3, -0.25) is 9.08 Å². The van der Waals surface area contributed by atoms with Crippen LogP contribution in [-0.2, 0) is 6.54 Å². The van der Waals surface area contributed by atoms with E-state index in [1.807, 2.05) is 28.9 Å². The summed E-state index contributed by atoms with van der Waals surface area (Å²) in [6.07, 6.45) is 9.20. The molecule has 2 N–H and O–H groups in total. The third kappa shape index (κ3) is 2.64. The molecule has 1 aromatic carbocycles. The van der Waals surface area contributed by atoms with Gasteiger partial charge in [0.25, 0.3) is 0 Å². The van der Waals surface area contributed by atoms with E-state index in [2.05, 4.69) is 24.6 Å². The molecular weight excluding hydrogens is 393 g/mol. The number of benzene rings is 1. The summed E-state index contributed by atoms with van der Waals surface area (Å²) in [6, 6.07) is 7.45. The number of rotatable bonds is 2. The van der Waals surface area contributed by atoms with E-state index < -0.39 is 0 Å². The molecule has 2 aliphatic heterocycles. The second kappa shape index (κ2) is 6.62. The van der Waals surface area contributed by atoms with Crippen LogP contribution in [0.1, 0.15) is 30.1 Å². The van der Waals surface area contributed by atoms with Gasteiger partial charge in [-0.15, -0.1) is 0 Å². The number of piperidine rings is 1. The molecule has 6 rings (SSSR count). The zero-order valence-electron chi connectivity index (χ0n) is 17.4. The third-order valence-corrected chi connectivity index (χ3v) is 7.12. The fourth-order valence-electron chi connectivity index (χ4n) is 5.26. The molecule has 1 atom stereocenters. The van der Waals surface area contributed by atoms with E-state index in [4.69, 9.17) is 5.73 Å². The summed E-state index contributed by atoms with van der Waals surface area (Å²) in [5, 5.41) is 4.43. The summed E-state index contributed by atoms with van der Waals surface area (Å²) in [6.45, 7) is 4.38. The molecule has 0 radical (unpaired) electrons. The Morgan fingerprint density at radius 3 is 2.77 bits per heavy atom. The van der Waals surface area contributed by atoms with Crippen LogP contribution >= 0.6 is 0 Å². The smallest absolute Gasteiger partial charge is 0.154 e. The Balaban J connectivity index is 1.31. The van der Waals surface area contributed by atoms with E-state index in [9.17, 15) is 4.39 Å². The molecule has 1 saturated heterocycles. The van der Waals surface area contributed by atoms with Crippen LogP contribution < -0.4 is 10.6 Å². The Morgan fingerprint density at radius 2 is 1.97 bits per heavy atom. The lowest BCUT2D eigenvalue weighted by Crippen LogP contribution is -2.45. The Kier molecular flexibility index (Phi) is 3.95. The number of fused-ring (bicyclic) bond motifs is 2. The fourth-order valence-corrected chi connectivity index (χ4v) is 5.26. The number of aromatic nitrogens is 5. The molecule has 0 unspecified atom stereocenters. The SMILES string of the molecule is Cc1cccc(-c2ncc3c(N4CCC5(CC4)Cn4nccc4[C@H]5N)nccn23)c1F. The number of hydrogen-bond donors (Lipinski definition) is 1. The van der Waals surface area contributed by atoms with Crippen LogP contribution in [0.5, 0.6) is 0 Å². The molecule has 3 aromatic heterocycles. The van der Waals surface area contributed by atoms with Gasteiger partial charge >= 0.3 is 0 Å². The number of aryl methyl sites for hydroxylation is 1. The molecule has 2 aliphatic rings. The summed E-state index contributed by atoms with van der Waals surface area (Å²) in [5.74, 6) is 1.24. The zero-order valence-corrected chi connectivity index (χ0v) is 17.4. The third-order valence-electron chi connectivity index (χ3n) is 7.12. The second-order valence-corrected chi connectivity index (χ2v) is 8.77. The summed E-state index contributed by atoms with van der Waals surface area (Å²) in [4.78, 5) is 11.5. The van der Waals surface area contributed by atoms with E-state index in [0.717, 1.165) is 49.5 Å². The minimum absolute atomic E-state index is 0.0202. The molecule has 8 heteroatoms. The van der Waals surface area contributed by atoms with Crippen molar-refractivity contribution in [2.75, 3.05) is 18.0 Å². The van der Waals surface area contributed by atoms with E-state index >= 15 is 0 Å². The maximum atomic E-state index is 14.7. The molecule has 31 heavy (non-hydrogen) atoms. The first-order valence-electron chi connectivity index (χ1n) is 10.7. The molecule has 4 aromatic rings. The van der Waals surface area contributed by atoms with Crippen LogP contribution in [0, 0.1) is 18.2 Å². The lowest BCUT2D eigenvalue weighted by atomic mass is 9.73. The Labute approximate surface area is 179 Å². The van der Waals surface area contributed by atoms with Crippen LogP contribution in [0.15, 0.2) is 49.1 Å². The number of anilines is 1. The maximum absolute atomic E-state index is 14.7. The van der Waals surface area contributed by atoms with Crippen LogP contribution in [0.2, 0.25) is 0 Å². The average Bonchev–Trinajstić information content (AvgIpc) is 3.47. The highest BCUT2D eigenvalue weighted by molar-refractivity contribution is 5.73. The van der Waals surface area contributed by atoms with Crippen molar-refractivity contribution in [2.45, 2.75) is 32.4 Å². The summed E-state index contributed by atoms with van der Waals surface area (Å²) in [5.41, 5.74) is 9.81. The Bertz CT molecular complexity index is 1280. The van der Waals surface area contributed by atoms with Gasteiger partial charge in [-0.05, 0) is 37.5 Å². The van der Waals surface area contributed by atoms with Crippen molar-refractivity contribution in [3.63, 3.8) is 0 Å². The highest BCUT2D eigenvalue weighted by Gasteiger charge is 2.47. The molecule has 0 saturated carbocycles. The lowest BCUT2D eigenvalue weighted by molar-refractivity contribution is 0.170. The van der Waals surface area contributed by atoms with Gasteiger partial charge in [-0.2, -0.15) is 5.10 Å². The molecule has 1 fully saturated rings. The van der Waals surface area contributed by atoms with Crippen molar-refractivity contribution < 1.29 is 4.39 Å². The molecule has 0 amide bonds. The van der Waals surface area contributed by atoms with E-state index in [-0.39, 0.29) is 17.3 Å². The summed E-state index contributed by atoms with van der Waals surface area (Å²) in [7, 11) is 0. The van der Waals surface area contributed by atoms with Crippen LogP contribution in [0.4, 0.5) is 10.2 Å². The summed E-state index contributed by atoms with van der Waals surface area (Å²) < 4.78 is 18.7. The van der Waals surface area contributed by atoms with Crippen molar-refractivity contribution in [1.29, 1.82) is 0 Å². The Hall–Kier alpha value is -3.26. The predicted octanol–water partition coefficient (Wildman–Crippen LogP) is 3.34. The lowest BCUT2D eigenvalue weighted by Gasteiger charge is -2.41. The number of nitrogens with zero attached hydrogens (tertiary/aromatic N) is 6. The molecule has 7 nitrogen and oxygen atoms in total. The summed E-state index contributed by atoms with van der Waals surface area (Å²) >= 11 is 0. The van der Waals surface area contributed by atoms with Gasteiger partial charge in [0.1, 0.15) is 17.2 Å². The Morgan fingerprint density at radius 1 is 1.13 bits per heavy atom. The topological polar surface area (TPSA) is 77.3 Å². The van der Waals surface area contributed by atoms with Gasteiger partial charge in [0.15, 0.2) is 5.82 Å². The van der Waals surface area contributed by atoms with Crippen molar-refractivity contribution in [3.05, 3.63) is 66.1 Å². The van der Waals surface area contributed by atoms with Crippen molar-refractivity contribution in [3.8, 4) is 11.4 Å². The van der Waals surface area contributed by atoms with E-state index in [1.54, 1.807) is 31.5 Å². The zero-order chi connectivity index (χ0) is 21.2. The highest BCUT2D eigenvalue weighted by atomic mass is 19.1. The number of imidazole rings is 1. The van der Waals surface area contributed by atoms with E-state index in [0.29, 0.717) is 17.0 Å². The van der Waals surface area contributed by atoms with Gasteiger partial charge in [-0.1, -0.05) is 12.1 Å². The second-order valence-electron chi connectivity index (χ2n) is 8.77. The molecular formula is C23H24FN7. The van der Waals surface area contributed by atoms with Gasteiger partial charge in [0.2, 0.25) is 0 Å². The highest BCUT2D eigenvalue weighted by Crippen LogP contribution is 2.48. The average molecular weight is 417 g/mol. The van der Waals surface area contributed by atoms with Crippen LogP contribution in [0.3, 0.4) is 0 Å². The van der Waals surface area contributed by atoms with Gasteiger partial charge in [0.05, 0.1) is 23.5 Å². The molecule has 0 bridgehead atoms. The van der Waals surface area contributed by atoms with E-state index in [1.165, 1.54) is 0 Å². The van der Waals surface area contributed by atoms with Gasteiger partial charge in [-0.25, -0.2) is 14.4 Å². The first kappa shape index (κ1) is 18.5. The molecule has 1 spiro atoms. The van der Waals surface area contributed by atoms with Crippen molar-refractivity contribution >= 4 is 11.3 Å². The molecule has 0 aliphatic carbocycles. The van der Waals surface area contributed by atoms with Crippen LogP contribution in [0.25, 0.3) is 16.9 Å². The van der Waals surface area contributed by atoms with Crippen LogP contribution in [-0.4, -0.2) is 37.2 Å².